The minimum Gasteiger partial charge on any atom is -0.506 e. The van der Waals surface area contributed by atoms with Gasteiger partial charge in [-0.1, -0.05) is 0 Å². The molecule has 2 heterocycles. The minimum absolute atomic E-state index is 0.196. The summed E-state index contributed by atoms with van der Waals surface area (Å²) in [5.74, 6) is 1.26. The molecular weight excluding hydrogens is 216 g/mol. The molecule has 5 nitrogen and oxygen atoms in total. The van der Waals surface area contributed by atoms with Gasteiger partial charge in [0.1, 0.15) is 11.6 Å². The molecule has 0 aromatic carbocycles. The van der Waals surface area contributed by atoms with Crippen LogP contribution in [0.15, 0.2) is 30.7 Å². The van der Waals surface area contributed by atoms with Crippen molar-refractivity contribution in [3.05, 3.63) is 42.2 Å². The first kappa shape index (κ1) is 11.6. The van der Waals surface area contributed by atoms with Crippen molar-refractivity contribution in [3.63, 3.8) is 0 Å². The van der Waals surface area contributed by atoms with Gasteiger partial charge in [0.15, 0.2) is 0 Å². The predicted octanol–water partition coefficient (Wildman–Crippen LogP) is 0.853. The molecule has 2 rings (SSSR count). The summed E-state index contributed by atoms with van der Waals surface area (Å²) in [6.07, 6.45) is 6.09. The molecule has 0 unspecified atom stereocenters. The van der Waals surface area contributed by atoms with Gasteiger partial charge in [0.25, 0.3) is 0 Å². The molecule has 90 valence electrons. The number of aryl methyl sites for hydroxylation is 1. The number of nitrogens with zero attached hydrogens (tertiary/aromatic N) is 3. The van der Waals surface area contributed by atoms with Crippen molar-refractivity contribution in [1.82, 2.24) is 19.9 Å². The van der Waals surface area contributed by atoms with Gasteiger partial charge in [-0.15, -0.1) is 0 Å². The number of pyridine rings is 1. The number of hydrogen-bond donors (Lipinski definition) is 2. The summed E-state index contributed by atoms with van der Waals surface area (Å²) in [6, 6.07) is 3.45. The lowest BCUT2D eigenvalue weighted by Gasteiger charge is -2.04. The van der Waals surface area contributed by atoms with E-state index in [2.05, 4.69) is 15.3 Å². The molecule has 5 heteroatoms. The van der Waals surface area contributed by atoms with Gasteiger partial charge in [0.05, 0.1) is 11.9 Å². The maximum absolute atomic E-state index is 9.09. The van der Waals surface area contributed by atoms with Crippen LogP contribution in [-0.4, -0.2) is 26.2 Å². The van der Waals surface area contributed by atoms with E-state index in [0.29, 0.717) is 6.54 Å². The zero-order valence-corrected chi connectivity index (χ0v) is 9.80. The SMILES string of the molecule is Cn1ccnc1CCNCc1ccc(O)cn1. The number of hydrogen-bond acceptors (Lipinski definition) is 4. The Morgan fingerprint density at radius 3 is 2.88 bits per heavy atom. The highest BCUT2D eigenvalue weighted by Crippen LogP contribution is 2.05. The molecule has 0 bridgehead atoms. The van der Waals surface area contributed by atoms with Gasteiger partial charge in [-0.3, -0.25) is 4.98 Å². The number of imidazole rings is 1. The summed E-state index contributed by atoms with van der Waals surface area (Å²) in [7, 11) is 1.99. The first-order chi connectivity index (χ1) is 8.25. The Bertz CT molecular complexity index is 464. The lowest BCUT2D eigenvalue weighted by atomic mass is 10.3. The second-order valence-corrected chi connectivity index (χ2v) is 3.89. The van der Waals surface area contributed by atoms with Crippen LogP contribution < -0.4 is 5.32 Å². The molecule has 0 radical (unpaired) electrons. The first-order valence-corrected chi connectivity index (χ1v) is 5.56. The third-order valence-electron chi connectivity index (χ3n) is 2.56. The van der Waals surface area contributed by atoms with Crippen LogP contribution in [-0.2, 0) is 20.0 Å². The van der Waals surface area contributed by atoms with E-state index in [1.165, 1.54) is 6.20 Å². The van der Waals surface area contributed by atoms with E-state index >= 15 is 0 Å². The Morgan fingerprint density at radius 2 is 2.24 bits per heavy atom. The van der Waals surface area contributed by atoms with Crippen molar-refractivity contribution in [2.45, 2.75) is 13.0 Å². The Morgan fingerprint density at radius 1 is 1.35 bits per heavy atom. The van der Waals surface area contributed by atoms with E-state index in [1.54, 1.807) is 12.3 Å². The highest BCUT2D eigenvalue weighted by Gasteiger charge is 1.99. The summed E-state index contributed by atoms with van der Waals surface area (Å²) in [5, 5.41) is 12.4. The number of nitrogens with one attached hydrogen (secondary N) is 1. The Kier molecular flexibility index (Phi) is 3.72. The molecule has 0 fully saturated rings. The van der Waals surface area contributed by atoms with Crippen molar-refractivity contribution in [3.8, 4) is 5.75 Å². The van der Waals surface area contributed by atoms with Crippen LogP contribution >= 0.6 is 0 Å². The lowest BCUT2D eigenvalue weighted by molar-refractivity contribution is 0.471. The molecule has 0 aliphatic heterocycles. The third-order valence-corrected chi connectivity index (χ3v) is 2.56. The summed E-state index contributed by atoms with van der Waals surface area (Å²) in [5.41, 5.74) is 0.919. The van der Waals surface area contributed by atoms with Crippen molar-refractivity contribution in [2.75, 3.05) is 6.54 Å². The van der Waals surface area contributed by atoms with Crippen molar-refractivity contribution in [2.24, 2.45) is 7.05 Å². The van der Waals surface area contributed by atoms with Gasteiger partial charge in [-0.2, -0.15) is 0 Å². The summed E-state index contributed by atoms with van der Waals surface area (Å²) < 4.78 is 2.01. The van der Waals surface area contributed by atoms with Gasteiger partial charge < -0.3 is 15.0 Å². The molecule has 0 aliphatic rings. The number of rotatable bonds is 5. The van der Waals surface area contributed by atoms with Crippen LogP contribution in [0, 0.1) is 0 Å². The third kappa shape index (κ3) is 3.29. The average molecular weight is 232 g/mol. The average Bonchev–Trinajstić information content (AvgIpc) is 2.73. The van der Waals surface area contributed by atoms with Crippen LogP contribution in [0.25, 0.3) is 0 Å². The molecule has 0 saturated heterocycles. The Balaban J connectivity index is 1.73. The predicted molar refractivity (Wildman–Crippen MR) is 64.5 cm³/mol. The van der Waals surface area contributed by atoms with Crippen LogP contribution in [0.5, 0.6) is 5.75 Å². The molecule has 2 aromatic heterocycles. The second kappa shape index (κ2) is 5.45. The van der Waals surface area contributed by atoms with Crippen LogP contribution in [0.4, 0.5) is 0 Å². The van der Waals surface area contributed by atoms with E-state index in [4.69, 9.17) is 5.11 Å². The largest absolute Gasteiger partial charge is 0.506 e. The molecule has 17 heavy (non-hydrogen) atoms. The fourth-order valence-electron chi connectivity index (χ4n) is 1.58. The van der Waals surface area contributed by atoms with Gasteiger partial charge in [0, 0.05) is 39.0 Å². The topological polar surface area (TPSA) is 63.0 Å². The molecule has 0 atom stereocenters. The minimum atomic E-state index is 0.196. The highest BCUT2D eigenvalue weighted by molar-refractivity contribution is 5.17. The van der Waals surface area contributed by atoms with E-state index in [1.807, 2.05) is 23.9 Å². The molecule has 2 N–H and O–H groups in total. The Labute approximate surface area is 100 Å². The Hall–Kier alpha value is -1.88. The quantitative estimate of drug-likeness (QED) is 0.750. The van der Waals surface area contributed by atoms with Crippen molar-refractivity contribution < 1.29 is 5.11 Å². The fourth-order valence-corrected chi connectivity index (χ4v) is 1.58. The monoisotopic (exact) mass is 232 g/mol. The molecule has 2 aromatic rings. The molecule has 0 saturated carbocycles. The normalized spacial score (nSPS) is 10.6. The van der Waals surface area contributed by atoms with Gasteiger partial charge in [-0.05, 0) is 12.1 Å². The van der Waals surface area contributed by atoms with E-state index in [9.17, 15) is 0 Å². The standard InChI is InChI=1S/C12H16N4O/c1-16-7-6-14-12(16)4-5-13-8-10-2-3-11(17)9-15-10/h2-3,6-7,9,13,17H,4-5,8H2,1H3. The highest BCUT2D eigenvalue weighted by atomic mass is 16.3. The van der Waals surface area contributed by atoms with Crippen molar-refractivity contribution in [1.29, 1.82) is 0 Å². The van der Waals surface area contributed by atoms with E-state index < -0.39 is 0 Å². The number of aromatic hydroxyl groups is 1. The maximum Gasteiger partial charge on any atom is 0.133 e. The molecule has 0 spiro atoms. The summed E-state index contributed by atoms with van der Waals surface area (Å²) >= 11 is 0. The van der Waals surface area contributed by atoms with E-state index in [-0.39, 0.29) is 5.75 Å². The van der Waals surface area contributed by atoms with Crippen molar-refractivity contribution >= 4 is 0 Å². The number of aromatic nitrogens is 3. The van der Waals surface area contributed by atoms with Crippen LogP contribution in [0.3, 0.4) is 0 Å². The molecular formula is C12H16N4O. The van der Waals surface area contributed by atoms with Gasteiger partial charge in [-0.25, -0.2) is 4.98 Å². The fraction of sp³-hybridized carbons (Fsp3) is 0.333. The van der Waals surface area contributed by atoms with Crippen LogP contribution in [0.1, 0.15) is 11.5 Å². The zero-order valence-electron chi connectivity index (χ0n) is 9.80. The van der Waals surface area contributed by atoms with E-state index in [0.717, 1.165) is 24.5 Å². The van der Waals surface area contributed by atoms with Crippen LogP contribution in [0.2, 0.25) is 0 Å². The lowest BCUT2D eigenvalue weighted by Crippen LogP contribution is -2.18. The summed E-state index contributed by atoms with van der Waals surface area (Å²) in [4.78, 5) is 8.34. The first-order valence-electron chi connectivity index (χ1n) is 5.56. The molecule has 0 aliphatic carbocycles. The smallest absolute Gasteiger partial charge is 0.133 e. The second-order valence-electron chi connectivity index (χ2n) is 3.89. The molecule has 0 amide bonds. The maximum atomic E-state index is 9.09. The summed E-state index contributed by atoms with van der Waals surface area (Å²) in [6.45, 7) is 1.55. The van der Waals surface area contributed by atoms with Gasteiger partial charge in [0.2, 0.25) is 0 Å². The van der Waals surface area contributed by atoms with Gasteiger partial charge >= 0.3 is 0 Å². The zero-order chi connectivity index (χ0) is 12.1.